The van der Waals surface area contributed by atoms with Crippen molar-refractivity contribution in [3.8, 4) is 5.75 Å². The standard InChI is InChI=1S/C16H19Cl3N2O3/c1-10(24-13-4-2-11(17)3-5-13)15(22)20-12-6-8-21(9-7-12)16(23)14(18)19/h2-5,10,12,14H,6-9H2,1H3,(H,20,22). The largest absolute Gasteiger partial charge is 0.481 e. The van der Waals surface area contributed by atoms with Crippen LogP contribution in [0.15, 0.2) is 24.3 Å². The van der Waals surface area contributed by atoms with Crippen molar-refractivity contribution in [3.05, 3.63) is 29.3 Å². The van der Waals surface area contributed by atoms with Gasteiger partial charge in [-0.25, -0.2) is 0 Å². The minimum atomic E-state index is -1.04. The van der Waals surface area contributed by atoms with E-state index in [0.29, 0.717) is 36.7 Å². The fourth-order valence-electron chi connectivity index (χ4n) is 2.47. The number of benzene rings is 1. The Kier molecular flexibility index (Phi) is 7.02. The second-order valence-electron chi connectivity index (χ2n) is 5.62. The van der Waals surface area contributed by atoms with Crippen LogP contribution in [0.1, 0.15) is 19.8 Å². The van der Waals surface area contributed by atoms with E-state index in [2.05, 4.69) is 5.32 Å². The Morgan fingerprint density at radius 3 is 2.33 bits per heavy atom. The monoisotopic (exact) mass is 392 g/mol. The number of hydrogen-bond donors (Lipinski definition) is 1. The Morgan fingerprint density at radius 1 is 1.21 bits per heavy atom. The third kappa shape index (κ3) is 5.43. The molecule has 1 unspecified atom stereocenters. The van der Waals surface area contributed by atoms with Gasteiger partial charge >= 0.3 is 0 Å². The van der Waals surface area contributed by atoms with Crippen LogP contribution in [-0.2, 0) is 9.59 Å². The first kappa shape index (κ1) is 19.2. The molecule has 0 spiro atoms. The lowest BCUT2D eigenvalue weighted by molar-refractivity contribution is -0.131. The summed E-state index contributed by atoms with van der Waals surface area (Å²) in [6.45, 7) is 2.73. The molecule has 0 saturated carbocycles. The van der Waals surface area contributed by atoms with Crippen molar-refractivity contribution in [2.45, 2.75) is 36.7 Å². The van der Waals surface area contributed by atoms with E-state index < -0.39 is 10.9 Å². The predicted octanol–water partition coefficient (Wildman–Crippen LogP) is 3.02. The van der Waals surface area contributed by atoms with Gasteiger partial charge in [-0.2, -0.15) is 0 Å². The SMILES string of the molecule is CC(Oc1ccc(Cl)cc1)C(=O)NC1CCN(C(=O)C(Cl)Cl)CC1. The van der Waals surface area contributed by atoms with Gasteiger partial charge in [0.1, 0.15) is 5.75 Å². The van der Waals surface area contributed by atoms with Crippen LogP contribution in [0.3, 0.4) is 0 Å². The van der Waals surface area contributed by atoms with Gasteiger partial charge in [0.05, 0.1) is 0 Å². The lowest BCUT2D eigenvalue weighted by Gasteiger charge is -2.33. The van der Waals surface area contributed by atoms with Crippen LogP contribution in [-0.4, -0.2) is 46.8 Å². The third-order valence-electron chi connectivity index (χ3n) is 3.84. The molecule has 0 aromatic heterocycles. The van der Waals surface area contributed by atoms with E-state index in [4.69, 9.17) is 39.5 Å². The van der Waals surface area contributed by atoms with E-state index in [9.17, 15) is 9.59 Å². The average Bonchev–Trinajstić information content (AvgIpc) is 2.56. The highest BCUT2D eigenvalue weighted by Gasteiger charge is 2.27. The van der Waals surface area contributed by atoms with E-state index in [1.165, 1.54) is 0 Å². The molecule has 1 atom stereocenters. The van der Waals surface area contributed by atoms with Crippen LogP contribution in [0.4, 0.5) is 0 Å². The minimum Gasteiger partial charge on any atom is -0.481 e. The lowest BCUT2D eigenvalue weighted by Crippen LogP contribution is -2.50. The molecule has 1 aromatic carbocycles. The van der Waals surface area contributed by atoms with Crippen molar-refractivity contribution in [2.24, 2.45) is 0 Å². The first-order valence-corrected chi connectivity index (χ1v) is 8.91. The van der Waals surface area contributed by atoms with Crippen molar-refractivity contribution in [1.82, 2.24) is 10.2 Å². The van der Waals surface area contributed by atoms with Gasteiger partial charge in [-0.1, -0.05) is 34.8 Å². The Balaban J connectivity index is 1.78. The number of alkyl halides is 2. The maximum atomic E-state index is 12.2. The Hall–Kier alpha value is -1.17. The molecular weight excluding hydrogens is 375 g/mol. The Labute approximate surface area is 156 Å². The maximum absolute atomic E-state index is 12.2. The molecule has 1 N–H and O–H groups in total. The second-order valence-corrected chi connectivity index (χ2v) is 7.16. The Morgan fingerprint density at radius 2 is 1.79 bits per heavy atom. The van der Waals surface area contributed by atoms with Crippen LogP contribution in [0.5, 0.6) is 5.75 Å². The smallest absolute Gasteiger partial charge is 0.260 e. The summed E-state index contributed by atoms with van der Waals surface area (Å²) in [6, 6.07) is 6.84. The number of nitrogens with one attached hydrogen (secondary N) is 1. The lowest BCUT2D eigenvalue weighted by atomic mass is 10.0. The number of halogens is 3. The molecule has 2 rings (SSSR count). The predicted molar refractivity (Wildman–Crippen MR) is 94.8 cm³/mol. The number of likely N-dealkylation sites (tertiary alicyclic amines) is 1. The topological polar surface area (TPSA) is 58.6 Å². The molecule has 24 heavy (non-hydrogen) atoms. The molecule has 1 saturated heterocycles. The van der Waals surface area contributed by atoms with Crippen molar-refractivity contribution < 1.29 is 14.3 Å². The molecule has 1 aliphatic heterocycles. The third-order valence-corrected chi connectivity index (χ3v) is 4.46. The number of rotatable bonds is 5. The first-order valence-electron chi connectivity index (χ1n) is 7.66. The minimum absolute atomic E-state index is 0.00178. The molecule has 0 radical (unpaired) electrons. The molecular formula is C16H19Cl3N2O3. The average molecular weight is 394 g/mol. The summed E-state index contributed by atoms with van der Waals surface area (Å²) in [6.07, 6.45) is 0.693. The summed E-state index contributed by atoms with van der Waals surface area (Å²) in [5.41, 5.74) is 0. The fraction of sp³-hybridized carbons (Fsp3) is 0.500. The van der Waals surface area contributed by atoms with Crippen molar-refractivity contribution in [2.75, 3.05) is 13.1 Å². The van der Waals surface area contributed by atoms with Gasteiger partial charge in [0.25, 0.3) is 11.8 Å². The van der Waals surface area contributed by atoms with Gasteiger partial charge in [-0.15, -0.1) is 0 Å². The highest BCUT2D eigenvalue weighted by Crippen LogP contribution is 2.18. The zero-order valence-electron chi connectivity index (χ0n) is 13.2. The number of ether oxygens (including phenoxy) is 1. The van der Waals surface area contributed by atoms with Gasteiger partial charge < -0.3 is 15.0 Å². The van der Waals surface area contributed by atoms with Crippen molar-refractivity contribution >= 4 is 46.6 Å². The molecule has 1 fully saturated rings. The zero-order chi connectivity index (χ0) is 17.7. The van der Waals surface area contributed by atoms with Gasteiger partial charge in [0.15, 0.2) is 10.9 Å². The normalized spacial score (nSPS) is 16.8. The van der Waals surface area contributed by atoms with E-state index in [0.717, 1.165) is 0 Å². The summed E-state index contributed by atoms with van der Waals surface area (Å²) in [4.78, 5) is 24.5. The Bertz CT molecular complexity index is 572. The molecule has 2 amide bonds. The molecule has 132 valence electrons. The van der Waals surface area contributed by atoms with Gasteiger partial charge in [-0.3, -0.25) is 9.59 Å². The van der Waals surface area contributed by atoms with Gasteiger partial charge in [0.2, 0.25) is 0 Å². The number of amides is 2. The van der Waals surface area contributed by atoms with E-state index in [1.807, 2.05) is 0 Å². The van der Waals surface area contributed by atoms with Crippen molar-refractivity contribution in [3.63, 3.8) is 0 Å². The van der Waals surface area contributed by atoms with Crippen LogP contribution >= 0.6 is 34.8 Å². The summed E-state index contributed by atoms with van der Waals surface area (Å²) in [7, 11) is 0. The maximum Gasteiger partial charge on any atom is 0.260 e. The fourth-order valence-corrected chi connectivity index (χ4v) is 2.87. The highest BCUT2D eigenvalue weighted by atomic mass is 35.5. The summed E-state index contributed by atoms with van der Waals surface area (Å²) in [5.74, 6) is 0.0996. The molecule has 1 heterocycles. The first-order chi connectivity index (χ1) is 11.4. The van der Waals surface area contributed by atoms with E-state index in [-0.39, 0.29) is 17.9 Å². The number of piperidine rings is 1. The van der Waals surface area contributed by atoms with E-state index >= 15 is 0 Å². The van der Waals surface area contributed by atoms with Gasteiger partial charge in [-0.05, 0) is 44.0 Å². The summed E-state index contributed by atoms with van der Waals surface area (Å²) >= 11 is 17.0. The molecule has 1 aliphatic rings. The van der Waals surface area contributed by atoms with Crippen molar-refractivity contribution in [1.29, 1.82) is 0 Å². The molecule has 5 nitrogen and oxygen atoms in total. The molecule has 0 bridgehead atoms. The zero-order valence-corrected chi connectivity index (χ0v) is 15.4. The number of nitrogens with zero attached hydrogens (tertiary/aromatic N) is 1. The van der Waals surface area contributed by atoms with Crippen LogP contribution in [0.25, 0.3) is 0 Å². The summed E-state index contributed by atoms with van der Waals surface area (Å²) in [5, 5.41) is 3.55. The number of carbonyl (C=O) groups is 2. The quantitative estimate of drug-likeness (QED) is 0.782. The molecule has 8 heteroatoms. The van der Waals surface area contributed by atoms with Crippen LogP contribution < -0.4 is 10.1 Å². The number of hydrogen-bond acceptors (Lipinski definition) is 3. The second kappa shape index (κ2) is 8.79. The van der Waals surface area contributed by atoms with Crippen LogP contribution in [0.2, 0.25) is 5.02 Å². The van der Waals surface area contributed by atoms with Crippen LogP contribution in [0, 0.1) is 0 Å². The van der Waals surface area contributed by atoms with E-state index in [1.54, 1.807) is 36.1 Å². The number of carbonyl (C=O) groups excluding carboxylic acids is 2. The molecule has 0 aliphatic carbocycles. The highest BCUT2D eigenvalue weighted by molar-refractivity contribution is 6.53. The molecule has 1 aromatic rings. The summed E-state index contributed by atoms with van der Waals surface area (Å²) < 4.78 is 5.59. The van der Waals surface area contributed by atoms with Gasteiger partial charge in [0, 0.05) is 24.2 Å².